The lowest BCUT2D eigenvalue weighted by Crippen LogP contribution is -2.27. The minimum atomic E-state index is -1.39. The molecule has 0 fully saturated rings. The summed E-state index contributed by atoms with van der Waals surface area (Å²) in [4.78, 5) is 0. The molecule has 3 heteroatoms. The summed E-state index contributed by atoms with van der Waals surface area (Å²) >= 11 is 0. The fourth-order valence-electron chi connectivity index (χ4n) is 0.649. The molecule has 3 N–H and O–H groups in total. The molecule has 0 radical (unpaired) electrons. The first-order valence-corrected chi connectivity index (χ1v) is 3.06. The molecule has 1 atom stereocenters. The van der Waals surface area contributed by atoms with E-state index in [-0.39, 0.29) is 12.5 Å². The predicted octanol–water partition coefficient (Wildman–Crippen LogP) is -0.438. The maximum Gasteiger partial charge on any atom is 0.156 e. The Balaban J connectivity index is 3.68. The molecule has 0 aromatic carbocycles. The molecule has 0 spiro atoms. The van der Waals surface area contributed by atoms with Gasteiger partial charge in [0.05, 0.1) is 6.61 Å². The molecular weight excluding hydrogens is 120 g/mol. The number of hydrogen-bond acceptors (Lipinski definition) is 3. The summed E-state index contributed by atoms with van der Waals surface area (Å²) in [7, 11) is 0. The normalized spacial score (nSPS) is 15.0. The van der Waals surface area contributed by atoms with E-state index in [1.165, 1.54) is 0 Å². The predicted molar refractivity (Wildman–Crippen MR) is 33.6 cm³/mol. The van der Waals surface area contributed by atoms with Crippen molar-refractivity contribution in [2.24, 2.45) is 11.8 Å². The van der Waals surface area contributed by atoms with Gasteiger partial charge >= 0.3 is 0 Å². The first kappa shape index (κ1) is 8.88. The van der Waals surface area contributed by atoms with E-state index in [2.05, 4.69) is 0 Å². The van der Waals surface area contributed by atoms with Crippen LogP contribution in [0.4, 0.5) is 0 Å². The average Bonchev–Trinajstić information content (AvgIpc) is 1.64. The summed E-state index contributed by atoms with van der Waals surface area (Å²) in [5, 5.41) is 25.7. The van der Waals surface area contributed by atoms with E-state index < -0.39 is 12.2 Å². The first-order chi connectivity index (χ1) is 4.09. The van der Waals surface area contributed by atoms with Crippen LogP contribution in [0.5, 0.6) is 0 Å². The lowest BCUT2D eigenvalue weighted by atomic mass is 9.96. The molecule has 0 aromatic heterocycles. The van der Waals surface area contributed by atoms with Crippen molar-refractivity contribution in [3.8, 4) is 0 Å². The Morgan fingerprint density at radius 1 is 1.22 bits per heavy atom. The van der Waals surface area contributed by atoms with Crippen LogP contribution in [-0.4, -0.2) is 28.2 Å². The van der Waals surface area contributed by atoms with E-state index >= 15 is 0 Å². The molecule has 3 nitrogen and oxygen atoms in total. The molecule has 0 aromatic rings. The van der Waals surface area contributed by atoms with Crippen molar-refractivity contribution in [3.05, 3.63) is 0 Å². The van der Waals surface area contributed by atoms with Crippen molar-refractivity contribution in [1.29, 1.82) is 0 Å². The van der Waals surface area contributed by atoms with E-state index in [0.29, 0.717) is 0 Å². The van der Waals surface area contributed by atoms with Crippen molar-refractivity contribution >= 4 is 0 Å². The highest BCUT2D eigenvalue weighted by Gasteiger charge is 2.18. The molecule has 0 saturated heterocycles. The van der Waals surface area contributed by atoms with E-state index in [1.54, 1.807) is 0 Å². The monoisotopic (exact) mass is 134 g/mol. The maximum absolute atomic E-state index is 8.58. The third kappa shape index (κ3) is 2.79. The molecule has 0 rings (SSSR count). The number of aliphatic hydroxyl groups excluding tert-OH is 2. The first-order valence-electron chi connectivity index (χ1n) is 3.06. The van der Waals surface area contributed by atoms with Crippen LogP contribution in [0.3, 0.4) is 0 Å². The van der Waals surface area contributed by atoms with Crippen LogP contribution in [0, 0.1) is 11.8 Å². The van der Waals surface area contributed by atoms with Gasteiger partial charge in [0.2, 0.25) is 0 Å². The van der Waals surface area contributed by atoms with Crippen LogP contribution in [0.1, 0.15) is 13.8 Å². The Morgan fingerprint density at radius 3 is 1.67 bits per heavy atom. The van der Waals surface area contributed by atoms with Crippen molar-refractivity contribution in [3.63, 3.8) is 0 Å². The third-order valence-corrected chi connectivity index (χ3v) is 1.45. The van der Waals surface area contributed by atoms with Crippen LogP contribution in [0.25, 0.3) is 0 Å². The molecule has 0 unspecified atom stereocenters. The number of aliphatic hydroxyl groups is 3. The fourth-order valence-corrected chi connectivity index (χ4v) is 0.649. The van der Waals surface area contributed by atoms with Crippen molar-refractivity contribution in [2.45, 2.75) is 20.1 Å². The van der Waals surface area contributed by atoms with Gasteiger partial charge in [-0.1, -0.05) is 13.8 Å². The zero-order chi connectivity index (χ0) is 7.44. The largest absolute Gasteiger partial charge is 0.396 e. The lowest BCUT2D eigenvalue weighted by Gasteiger charge is -2.19. The van der Waals surface area contributed by atoms with Gasteiger partial charge in [-0.2, -0.15) is 0 Å². The Morgan fingerprint density at radius 2 is 1.67 bits per heavy atom. The number of hydrogen-bond donors (Lipinski definition) is 3. The fraction of sp³-hybridized carbons (Fsp3) is 1.00. The highest BCUT2D eigenvalue weighted by Crippen LogP contribution is 2.12. The Labute approximate surface area is 54.9 Å². The van der Waals surface area contributed by atoms with Crippen LogP contribution < -0.4 is 0 Å². The standard InChI is InChI=1S/C6H14O3/c1-4(2)5(3-7)6(8)9/h4-9H,3H2,1-2H3/t5-/m0/s1. The van der Waals surface area contributed by atoms with Gasteiger partial charge in [0, 0.05) is 5.92 Å². The average molecular weight is 134 g/mol. The maximum atomic E-state index is 8.58. The third-order valence-electron chi connectivity index (χ3n) is 1.45. The molecule has 0 aliphatic heterocycles. The van der Waals surface area contributed by atoms with Gasteiger partial charge in [-0.05, 0) is 5.92 Å². The van der Waals surface area contributed by atoms with E-state index in [0.717, 1.165) is 0 Å². The van der Waals surface area contributed by atoms with Gasteiger partial charge in [-0.25, -0.2) is 0 Å². The molecule has 0 saturated carbocycles. The zero-order valence-electron chi connectivity index (χ0n) is 5.78. The van der Waals surface area contributed by atoms with Crippen molar-refractivity contribution < 1.29 is 15.3 Å². The van der Waals surface area contributed by atoms with Crippen molar-refractivity contribution in [2.75, 3.05) is 6.61 Å². The summed E-state index contributed by atoms with van der Waals surface area (Å²) in [6.45, 7) is 3.50. The quantitative estimate of drug-likeness (QED) is 0.459. The summed E-state index contributed by atoms with van der Waals surface area (Å²) in [6, 6.07) is 0. The van der Waals surface area contributed by atoms with E-state index in [4.69, 9.17) is 15.3 Å². The minimum Gasteiger partial charge on any atom is -0.396 e. The zero-order valence-corrected chi connectivity index (χ0v) is 5.78. The molecule has 56 valence electrons. The van der Waals surface area contributed by atoms with Gasteiger partial charge in [0.1, 0.15) is 0 Å². The van der Waals surface area contributed by atoms with Gasteiger partial charge in [-0.15, -0.1) is 0 Å². The molecule has 0 aliphatic rings. The lowest BCUT2D eigenvalue weighted by molar-refractivity contribution is -0.109. The van der Waals surface area contributed by atoms with Crippen LogP contribution in [0.2, 0.25) is 0 Å². The highest BCUT2D eigenvalue weighted by molar-refractivity contribution is 4.62. The van der Waals surface area contributed by atoms with E-state index in [9.17, 15) is 0 Å². The smallest absolute Gasteiger partial charge is 0.156 e. The van der Waals surface area contributed by atoms with Gasteiger partial charge < -0.3 is 15.3 Å². The molecule has 0 aliphatic carbocycles. The minimum absolute atomic E-state index is 0.106. The summed E-state index contributed by atoms with van der Waals surface area (Å²) in [5.74, 6) is -0.306. The Kier molecular flexibility index (Phi) is 3.77. The van der Waals surface area contributed by atoms with E-state index in [1.807, 2.05) is 13.8 Å². The highest BCUT2D eigenvalue weighted by atomic mass is 16.5. The molecule has 0 amide bonds. The summed E-state index contributed by atoms with van der Waals surface area (Å²) in [6.07, 6.45) is -1.39. The Hall–Kier alpha value is -0.120. The Bertz CT molecular complexity index is 62.7. The van der Waals surface area contributed by atoms with Gasteiger partial charge in [0.15, 0.2) is 6.29 Å². The van der Waals surface area contributed by atoms with Gasteiger partial charge in [0.25, 0.3) is 0 Å². The van der Waals surface area contributed by atoms with Gasteiger partial charge in [-0.3, -0.25) is 0 Å². The second-order valence-electron chi connectivity index (χ2n) is 2.50. The molecule has 9 heavy (non-hydrogen) atoms. The molecule has 0 bridgehead atoms. The SMILES string of the molecule is CC(C)[C@H](CO)C(O)O. The van der Waals surface area contributed by atoms with Crippen LogP contribution in [-0.2, 0) is 0 Å². The second-order valence-corrected chi connectivity index (χ2v) is 2.50. The number of rotatable bonds is 3. The second kappa shape index (κ2) is 3.82. The summed E-state index contributed by atoms with van der Waals surface area (Å²) < 4.78 is 0. The van der Waals surface area contributed by atoms with Crippen LogP contribution in [0.15, 0.2) is 0 Å². The summed E-state index contributed by atoms with van der Waals surface area (Å²) in [5.41, 5.74) is 0. The molecule has 0 heterocycles. The van der Waals surface area contributed by atoms with Crippen molar-refractivity contribution in [1.82, 2.24) is 0 Å². The topological polar surface area (TPSA) is 60.7 Å². The van der Waals surface area contributed by atoms with Crippen LogP contribution >= 0.6 is 0 Å². The molecular formula is C6H14O3.